The first-order valence-corrected chi connectivity index (χ1v) is 3.72. The molecule has 0 N–H and O–H groups in total. The second kappa shape index (κ2) is 4.30. The average molecular weight is 180 g/mol. The lowest BCUT2D eigenvalue weighted by atomic mass is 10.2. The van der Waals surface area contributed by atoms with E-state index in [1.165, 1.54) is 12.5 Å². The van der Waals surface area contributed by atoms with Crippen LogP contribution in [-0.2, 0) is 4.74 Å². The van der Waals surface area contributed by atoms with Crippen LogP contribution < -0.4 is 0 Å². The SMILES string of the molecule is CCOC(=O)c1cncnc1C=O. The zero-order valence-electron chi connectivity index (χ0n) is 7.06. The van der Waals surface area contributed by atoms with Crippen molar-refractivity contribution in [1.82, 2.24) is 9.97 Å². The number of aldehydes is 1. The van der Waals surface area contributed by atoms with Crippen LogP contribution in [0, 0.1) is 0 Å². The van der Waals surface area contributed by atoms with Crippen LogP contribution in [0.2, 0.25) is 0 Å². The molecule has 0 saturated carbocycles. The van der Waals surface area contributed by atoms with Gasteiger partial charge in [0.2, 0.25) is 0 Å². The molecular formula is C8H8N2O3. The third-order valence-electron chi connectivity index (χ3n) is 1.35. The monoisotopic (exact) mass is 180 g/mol. The van der Waals surface area contributed by atoms with E-state index in [2.05, 4.69) is 9.97 Å². The van der Waals surface area contributed by atoms with E-state index in [9.17, 15) is 9.59 Å². The molecule has 13 heavy (non-hydrogen) atoms. The standard InChI is InChI=1S/C8H8N2O3/c1-2-13-8(12)6-3-9-5-10-7(6)4-11/h3-5H,2H2,1H3. The predicted octanol–water partition coefficient (Wildman–Crippen LogP) is 0.466. The van der Waals surface area contributed by atoms with Crippen LogP contribution >= 0.6 is 0 Å². The number of ether oxygens (including phenoxy) is 1. The highest BCUT2D eigenvalue weighted by Crippen LogP contribution is 2.02. The van der Waals surface area contributed by atoms with E-state index in [1.807, 2.05) is 0 Å². The highest BCUT2D eigenvalue weighted by atomic mass is 16.5. The van der Waals surface area contributed by atoms with E-state index >= 15 is 0 Å². The lowest BCUT2D eigenvalue weighted by Crippen LogP contribution is -2.09. The first kappa shape index (κ1) is 9.31. The van der Waals surface area contributed by atoms with Crippen molar-refractivity contribution < 1.29 is 14.3 Å². The fourth-order valence-electron chi connectivity index (χ4n) is 0.799. The molecule has 0 spiro atoms. The van der Waals surface area contributed by atoms with Crippen molar-refractivity contribution >= 4 is 12.3 Å². The van der Waals surface area contributed by atoms with Crippen molar-refractivity contribution in [2.75, 3.05) is 6.61 Å². The minimum atomic E-state index is -0.579. The normalized spacial score (nSPS) is 9.31. The second-order valence-electron chi connectivity index (χ2n) is 2.16. The Kier molecular flexibility index (Phi) is 3.08. The summed E-state index contributed by atoms with van der Waals surface area (Å²) in [4.78, 5) is 28.8. The summed E-state index contributed by atoms with van der Waals surface area (Å²) in [5.74, 6) is -0.579. The number of hydrogen-bond acceptors (Lipinski definition) is 5. The molecule has 0 aliphatic rings. The molecule has 1 aromatic rings. The number of carbonyl (C=O) groups excluding carboxylic acids is 2. The summed E-state index contributed by atoms with van der Waals surface area (Å²) in [5.41, 5.74) is 0.146. The zero-order valence-corrected chi connectivity index (χ0v) is 7.06. The molecule has 5 heteroatoms. The molecular weight excluding hydrogens is 172 g/mol. The summed E-state index contributed by atoms with van der Waals surface area (Å²) in [7, 11) is 0. The molecule has 0 aromatic carbocycles. The number of esters is 1. The van der Waals surface area contributed by atoms with Gasteiger partial charge in [-0.05, 0) is 6.92 Å². The van der Waals surface area contributed by atoms with E-state index in [0.29, 0.717) is 6.29 Å². The predicted molar refractivity (Wildman–Crippen MR) is 43.4 cm³/mol. The number of rotatable bonds is 3. The summed E-state index contributed by atoms with van der Waals surface area (Å²) < 4.78 is 4.69. The van der Waals surface area contributed by atoms with Crippen LogP contribution in [0.1, 0.15) is 27.8 Å². The molecule has 1 rings (SSSR count). The van der Waals surface area contributed by atoms with Gasteiger partial charge in [-0.1, -0.05) is 0 Å². The Morgan fingerprint density at radius 2 is 2.46 bits per heavy atom. The minimum absolute atomic E-state index is 0.0495. The van der Waals surface area contributed by atoms with Gasteiger partial charge in [-0.2, -0.15) is 0 Å². The van der Waals surface area contributed by atoms with Crippen LogP contribution in [0.3, 0.4) is 0 Å². The molecule has 68 valence electrons. The van der Waals surface area contributed by atoms with Crippen molar-refractivity contribution in [3.8, 4) is 0 Å². The van der Waals surface area contributed by atoms with E-state index in [0.717, 1.165) is 0 Å². The van der Waals surface area contributed by atoms with Gasteiger partial charge in [0, 0.05) is 6.20 Å². The maximum atomic E-state index is 11.2. The number of carbonyl (C=O) groups is 2. The van der Waals surface area contributed by atoms with Gasteiger partial charge in [0.1, 0.15) is 17.6 Å². The molecule has 5 nitrogen and oxygen atoms in total. The fraction of sp³-hybridized carbons (Fsp3) is 0.250. The lowest BCUT2D eigenvalue weighted by Gasteiger charge is -2.01. The molecule has 0 aliphatic carbocycles. The molecule has 1 aromatic heterocycles. The lowest BCUT2D eigenvalue weighted by molar-refractivity contribution is 0.0523. The Labute approximate surface area is 74.8 Å². The van der Waals surface area contributed by atoms with Gasteiger partial charge < -0.3 is 4.74 Å². The van der Waals surface area contributed by atoms with Gasteiger partial charge >= 0.3 is 5.97 Å². The number of aromatic nitrogens is 2. The van der Waals surface area contributed by atoms with Gasteiger partial charge in [0.25, 0.3) is 0 Å². The smallest absolute Gasteiger partial charge is 0.342 e. The average Bonchev–Trinajstić information content (AvgIpc) is 2.18. The molecule has 0 fully saturated rings. The molecule has 0 amide bonds. The summed E-state index contributed by atoms with van der Waals surface area (Å²) in [6.45, 7) is 1.94. The van der Waals surface area contributed by atoms with Crippen molar-refractivity contribution in [2.24, 2.45) is 0 Å². The zero-order chi connectivity index (χ0) is 9.68. The van der Waals surface area contributed by atoms with Crippen LogP contribution in [-0.4, -0.2) is 28.8 Å². The third-order valence-corrected chi connectivity index (χ3v) is 1.35. The quantitative estimate of drug-likeness (QED) is 0.499. The minimum Gasteiger partial charge on any atom is -0.462 e. The number of hydrogen-bond donors (Lipinski definition) is 0. The van der Waals surface area contributed by atoms with Crippen LogP contribution in [0.5, 0.6) is 0 Å². The third kappa shape index (κ3) is 2.08. The summed E-state index contributed by atoms with van der Waals surface area (Å²) in [6, 6.07) is 0. The number of nitrogens with zero attached hydrogens (tertiary/aromatic N) is 2. The van der Waals surface area contributed by atoms with Gasteiger partial charge in [-0.3, -0.25) is 4.79 Å². The maximum Gasteiger partial charge on any atom is 0.342 e. The topological polar surface area (TPSA) is 69.2 Å². The Balaban J connectivity index is 2.98. The van der Waals surface area contributed by atoms with Crippen molar-refractivity contribution in [1.29, 1.82) is 0 Å². The summed E-state index contributed by atoms with van der Waals surface area (Å²) in [5, 5.41) is 0. The van der Waals surface area contributed by atoms with Crippen LogP contribution in [0.4, 0.5) is 0 Å². The highest BCUT2D eigenvalue weighted by molar-refractivity contribution is 5.96. The van der Waals surface area contributed by atoms with E-state index in [4.69, 9.17) is 4.74 Å². The Hall–Kier alpha value is -1.78. The Morgan fingerprint density at radius 3 is 3.08 bits per heavy atom. The highest BCUT2D eigenvalue weighted by Gasteiger charge is 2.12. The fourth-order valence-corrected chi connectivity index (χ4v) is 0.799. The molecule has 1 heterocycles. The first-order valence-electron chi connectivity index (χ1n) is 3.72. The van der Waals surface area contributed by atoms with Crippen molar-refractivity contribution in [3.63, 3.8) is 0 Å². The molecule has 0 atom stereocenters. The van der Waals surface area contributed by atoms with E-state index in [1.54, 1.807) is 6.92 Å². The second-order valence-corrected chi connectivity index (χ2v) is 2.16. The molecule has 0 saturated heterocycles. The Bertz CT molecular complexity index is 325. The van der Waals surface area contributed by atoms with Gasteiger partial charge in [-0.25, -0.2) is 14.8 Å². The molecule has 0 bridgehead atoms. The van der Waals surface area contributed by atoms with Crippen molar-refractivity contribution in [3.05, 3.63) is 23.8 Å². The maximum absolute atomic E-state index is 11.2. The van der Waals surface area contributed by atoms with Crippen LogP contribution in [0.25, 0.3) is 0 Å². The summed E-state index contributed by atoms with van der Waals surface area (Å²) >= 11 is 0. The van der Waals surface area contributed by atoms with Crippen molar-refractivity contribution in [2.45, 2.75) is 6.92 Å². The van der Waals surface area contributed by atoms with E-state index < -0.39 is 5.97 Å². The molecule has 0 radical (unpaired) electrons. The largest absolute Gasteiger partial charge is 0.462 e. The van der Waals surface area contributed by atoms with Gasteiger partial charge in [-0.15, -0.1) is 0 Å². The first-order chi connectivity index (χ1) is 6.29. The van der Waals surface area contributed by atoms with E-state index in [-0.39, 0.29) is 17.9 Å². The van der Waals surface area contributed by atoms with Gasteiger partial charge in [0.05, 0.1) is 6.61 Å². The molecule has 0 aliphatic heterocycles. The Morgan fingerprint density at radius 1 is 1.69 bits per heavy atom. The van der Waals surface area contributed by atoms with Crippen LogP contribution in [0.15, 0.2) is 12.5 Å². The van der Waals surface area contributed by atoms with Gasteiger partial charge in [0.15, 0.2) is 6.29 Å². The molecule has 0 unspecified atom stereocenters. The summed E-state index contributed by atoms with van der Waals surface area (Å²) in [6.07, 6.45) is 2.95.